The van der Waals surface area contributed by atoms with Gasteiger partial charge in [-0.1, -0.05) is 23.9 Å². The van der Waals surface area contributed by atoms with Crippen molar-refractivity contribution >= 4 is 23.2 Å². The van der Waals surface area contributed by atoms with Gasteiger partial charge in [0.25, 0.3) is 17.0 Å². The molecular formula is C13H11N5O3S. The zero-order valence-corrected chi connectivity index (χ0v) is 12.3. The van der Waals surface area contributed by atoms with Crippen LogP contribution in [-0.2, 0) is 5.75 Å². The van der Waals surface area contributed by atoms with Gasteiger partial charge < -0.3 is 0 Å². The standard InChI is InChI=1S/C13H11N5O3S/c1-8-5-11(19)17-12(14-8)15-13(16-17)22-7-9-3-2-4-10(6-9)18(20)21/h2-6H,7H2,1H3,(H,14,15,16). The Morgan fingerprint density at radius 1 is 1.36 bits per heavy atom. The van der Waals surface area contributed by atoms with Gasteiger partial charge in [-0.15, -0.1) is 0 Å². The summed E-state index contributed by atoms with van der Waals surface area (Å²) in [4.78, 5) is 30.5. The summed E-state index contributed by atoms with van der Waals surface area (Å²) in [5, 5.41) is 14.1. The molecule has 0 saturated carbocycles. The van der Waals surface area contributed by atoms with Crippen LogP contribution in [0.2, 0.25) is 0 Å². The molecule has 8 nitrogen and oxygen atoms in total. The number of aromatic nitrogens is 4. The highest BCUT2D eigenvalue weighted by Gasteiger charge is 2.09. The number of benzene rings is 1. The molecule has 0 spiro atoms. The first-order valence-corrected chi connectivity index (χ1v) is 7.34. The minimum atomic E-state index is -0.429. The van der Waals surface area contributed by atoms with E-state index in [1.165, 1.54) is 34.5 Å². The molecule has 0 fully saturated rings. The first-order valence-electron chi connectivity index (χ1n) is 6.35. The summed E-state index contributed by atoms with van der Waals surface area (Å²) >= 11 is 1.35. The molecule has 0 saturated heterocycles. The molecule has 2 heterocycles. The van der Waals surface area contributed by atoms with Gasteiger partial charge in [-0.3, -0.25) is 20.0 Å². The Bertz CT molecular complexity index is 917. The first-order chi connectivity index (χ1) is 10.5. The maximum Gasteiger partial charge on any atom is 0.274 e. The fourth-order valence-electron chi connectivity index (χ4n) is 1.95. The second-order valence-electron chi connectivity index (χ2n) is 4.62. The Kier molecular flexibility index (Phi) is 3.63. The lowest BCUT2D eigenvalue weighted by atomic mass is 10.2. The summed E-state index contributed by atoms with van der Waals surface area (Å²) < 4.78 is 1.27. The highest BCUT2D eigenvalue weighted by atomic mass is 32.2. The SMILES string of the molecule is Cc1cc(=O)n2[nH]c(SCc3cccc([N+](=O)[O-])c3)nc2n1. The van der Waals surface area contributed by atoms with Crippen molar-refractivity contribution < 1.29 is 4.92 Å². The van der Waals surface area contributed by atoms with Crippen molar-refractivity contribution in [1.29, 1.82) is 0 Å². The van der Waals surface area contributed by atoms with Crippen molar-refractivity contribution in [3.8, 4) is 0 Å². The Labute approximate surface area is 128 Å². The van der Waals surface area contributed by atoms with Crippen LogP contribution in [0.1, 0.15) is 11.3 Å². The van der Waals surface area contributed by atoms with E-state index in [9.17, 15) is 14.9 Å². The monoisotopic (exact) mass is 317 g/mol. The Hall–Kier alpha value is -2.68. The lowest BCUT2D eigenvalue weighted by Gasteiger charge is -1.98. The lowest BCUT2D eigenvalue weighted by Crippen LogP contribution is -2.14. The van der Waals surface area contributed by atoms with Gasteiger partial charge in [0.15, 0.2) is 5.16 Å². The molecule has 0 bridgehead atoms. The normalized spacial score (nSPS) is 11.0. The summed E-state index contributed by atoms with van der Waals surface area (Å²) in [6, 6.07) is 7.82. The molecule has 22 heavy (non-hydrogen) atoms. The molecule has 3 rings (SSSR count). The van der Waals surface area contributed by atoms with Crippen molar-refractivity contribution in [2.24, 2.45) is 0 Å². The topological polar surface area (TPSA) is 106 Å². The number of aromatic amines is 1. The van der Waals surface area contributed by atoms with E-state index in [1.54, 1.807) is 19.1 Å². The second kappa shape index (κ2) is 5.60. The van der Waals surface area contributed by atoms with E-state index in [0.29, 0.717) is 22.4 Å². The maximum atomic E-state index is 11.8. The minimum absolute atomic E-state index is 0.0521. The maximum absolute atomic E-state index is 11.8. The average Bonchev–Trinajstić information content (AvgIpc) is 2.88. The van der Waals surface area contributed by atoms with Gasteiger partial charge in [0.1, 0.15) is 0 Å². The number of thioether (sulfide) groups is 1. The predicted molar refractivity (Wildman–Crippen MR) is 81.0 cm³/mol. The van der Waals surface area contributed by atoms with Crippen LogP contribution >= 0.6 is 11.8 Å². The molecule has 0 aliphatic heterocycles. The van der Waals surface area contributed by atoms with E-state index in [4.69, 9.17) is 0 Å². The van der Waals surface area contributed by atoms with Gasteiger partial charge in [-0.05, 0) is 12.5 Å². The molecule has 0 amide bonds. The molecule has 1 N–H and O–H groups in total. The summed E-state index contributed by atoms with van der Waals surface area (Å²) in [5.41, 5.74) is 1.23. The Morgan fingerprint density at radius 3 is 2.95 bits per heavy atom. The Morgan fingerprint density at radius 2 is 2.18 bits per heavy atom. The van der Waals surface area contributed by atoms with Gasteiger partial charge in [0.05, 0.1) is 4.92 Å². The third-order valence-electron chi connectivity index (χ3n) is 2.94. The molecule has 0 radical (unpaired) electrons. The van der Waals surface area contributed by atoms with Crippen molar-refractivity contribution in [2.75, 3.05) is 0 Å². The van der Waals surface area contributed by atoms with Crippen LogP contribution in [0.25, 0.3) is 5.78 Å². The van der Waals surface area contributed by atoms with Crippen LogP contribution in [0.15, 0.2) is 40.3 Å². The van der Waals surface area contributed by atoms with E-state index in [1.807, 2.05) is 0 Å². The fourth-order valence-corrected chi connectivity index (χ4v) is 2.73. The second-order valence-corrected chi connectivity index (χ2v) is 5.58. The average molecular weight is 317 g/mol. The summed E-state index contributed by atoms with van der Waals surface area (Å²) in [5.74, 6) is 0.807. The number of hydrogen-bond donors (Lipinski definition) is 1. The number of aryl methyl sites for hydroxylation is 1. The summed E-state index contributed by atoms with van der Waals surface area (Å²) in [6.07, 6.45) is 0. The predicted octanol–water partition coefficient (Wildman–Crippen LogP) is 1.93. The zero-order valence-electron chi connectivity index (χ0n) is 11.5. The van der Waals surface area contributed by atoms with Crippen molar-refractivity contribution in [3.63, 3.8) is 0 Å². The molecule has 3 aromatic rings. The van der Waals surface area contributed by atoms with Gasteiger partial charge >= 0.3 is 0 Å². The third kappa shape index (κ3) is 2.84. The number of nitrogens with one attached hydrogen (secondary N) is 1. The van der Waals surface area contributed by atoms with Crippen molar-refractivity contribution in [1.82, 2.24) is 19.6 Å². The van der Waals surface area contributed by atoms with E-state index in [0.717, 1.165) is 5.56 Å². The molecule has 0 unspecified atom stereocenters. The number of rotatable bonds is 4. The molecule has 0 atom stereocenters. The minimum Gasteiger partial charge on any atom is -0.267 e. The smallest absolute Gasteiger partial charge is 0.267 e. The number of fused-ring (bicyclic) bond motifs is 1. The van der Waals surface area contributed by atoms with Crippen LogP contribution < -0.4 is 5.56 Å². The lowest BCUT2D eigenvalue weighted by molar-refractivity contribution is -0.384. The van der Waals surface area contributed by atoms with Crippen LogP contribution in [0.4, 0.5) is 5.69 Å². The van der Waals surface area contributed by atoms with Crippen LogP contribution in [0.3, 0.4) is 0 Å². The van der Waals surface area contributed by atoms with Gasteiger partial charge in [-0.2, -0.15) is 9.50 Å². The van der Waals surface area contributed by atoms with Crippen molar-refractivity contribution in [2.45, 2.75) is 17.8 Å². The number of nitro groups is 1. The molecule has 9 heteroatoms. The van der Waals surface area contributed by atoms with Crippen LogP contribution in [-0.4, -0.2) is 24.5 Å². The molecule has 1 aromatic carbocycles. The molecule has 112 valence electrons. The van der Waals surface area contributed by atoms with E-state index < -0.39 is 4.92 Å². The van der Waals surface area contributed by atoms with E-state index in [2.05, 4.69) is 15.1 Å². The molecule has 0 aliphatic carbocycles. The number of hydrogen-bond acceptors (Lipinski definition) is 6. The van der Waals surface area contributed by atoms with Crippen LogP contribution in [0.5, 0.6) is 0 Å². The largest absolute Gasteiger partial charge is 0.274 e. The van der Waals surface area contributed by atoms with Crippen LogP contribution in [0, 0.1) is 17.0 Å². The highest BCUT2D eigenvalue weighted by molar-refractivity contribution is 7.98. The van der Waals surface area contributed by atoms with E-state index in [-0.39, 0.29) is 11.2 Å². The number of nitro benzene ring substituents is 1. The van der Waals surface area contributed by atoms with Gasteiger partial charge in [0.2, 0.25) is 0 Å². The third-order valence-corrected chi connectivity index (χ3v) is 3.87. The first kappa shape index (κ1) is 14.3. The highest BCUT2D eigenvalue weighted by Crippen LogP contribution is 2.22. The van der Waals surface area contributed by atoms with Gasteiger partial charge in [0, 0.05) is 29.6 Å². The number of nitrogens with zero attached hydrogens (tertiary/aromatic N) is 4. The Balaban J connectivity index is 1.82. The fraction of sp³-hybridized carbons (Fsp3) is 0.154. The quantitative estimate of drug-likeness (QED) is 0.447. The molecule has 2 aromatic heterocycles. The van der Waals surface area contributed by atoms with Gasteiger partial charge in [-0.25, -0.2) is 4.98 Å². The molecular weight excluding hydrogens is 306 g/mol. The number of non-ortho nitro benzene ring substituents is 1. The molecule has 0 aliphatic rings. The summed E-state index contributed by atoms with van der Waals surface area (Å²) in [6.45, 7) is 1.73. The number of H-pyrrole nitrogens is 1. The summed E-state index contributed by atoms with van der Waals surface area (Å²) in [7, 11) is 0. The zero-order chi connectivity index (χ0) is 15.7. The van der Waals surface area contributed by atoms with E-state index >= 15 is 0 Å². The van der Waals surface area contributed by atoms with Crippen molar-refractivity contribution in [3.05, 3.63) is 62.1 Å².